The van der Waals surface area contributed by atoms with Crippen molar-refractivity contribution in [3.63, 3.8) is 0 Å². The van der Waals surface area contributed by atoms with Crippen LogP contribution in [0.3, 0.4) is 0 Å². The van der Waals surface area contributed by atoms with Crippen molar-refractivity contribution in [2.75, 3.05) is 0 Å². The molecule has 0 unspecified atom stereocenters. The molecule has 0 amide bonds. The van der Waals surface area contributed by atoms with Crippen molar-refractivity contribution in [2.45, 2.75) is 0 Å². The Labute approximate surface area is 83.0 Å². The van der Waals surface area contributed by atoms with E-state index in [9.17, 15) is 0 Å². The number of carboxylic acid groups (broad SMARTS) is 1. The summed E-state index contributed by atoms with van der Waals surface area (Å²) in [6, 6.07) is 0. The van der Waals surface area contributed by atoms with Gasteiger partial charge in [0, 0.05) is 0 Å². The molecule has 0 heterocycles. The van der Waals surface area contributed by atoms with E-state index in [1.54, 1.807) is 0 Å². The molecule has 3 heteroatoms. The van der Waals surface area contributed by atoms with Crippen molar-refractivity contribution in [1.29, 1.82) is 0 Å². The second kappa shape index (κ2) is 8.82. The van der Waals surface area contributed by atoms with Gasteiger partial charge in [0.2, 0.25) is 0 Å². The second-order valence-electron chi connectivity index (χ2n) is 0.105. The van der Waals surface area contributed by atoms with Crippen LogP contribution < -0.4 is 0 Å². The summed E-state index contributed by atoms with van der Waals surface area (Å²) in [5.74, 6) is 0. The molecule has 0 saturated carbocycles. The van der Waals surface area contributed by atoms with E-state index in [4.69, 9.17) is 9.90 Å². The van der Waals surface area contributed by atoms with Crippen LogP contribution in [0.25, 0.3) is 0 Å². The third-order valence-electron chi connectivity index (χ3n) is 0. The Morgan fingerprint density at radius 1 is 1.75 bits per heavy atom. The van der Waals surface area contributed by atoms with Crippen molar-refractivity contribution in [3.05, 3.63) is 0 Å². The quantitative estimate of drug-likeness (QED) is 0.488. The van der Waals surface area contributed by atoms with Gasteiger partial charge in [-0.25, -0.2) is 0 Å². The summed E-state index contributed by atoms with van der Waals surface area (Å²) >= 11 is 0. The van der Waals surface area contributed by atoms with Gasteiger partial charge < -0.3 is 5.11 Å². The predicted molar refractivity (Wildman–Crippen MR) is 15.8 cm³/mol. The van der Waals surface area contributed by atoms with Crippen LogP contribution in [-0.4, -0.2) is 80.5 Å². The normalized spacial score (nSPS) is 3.00. The molecule has 0 aromatic heterocycles. The number of rotatable bonds is 0. The van der Waals surface area contributed by atoms with Gasteiger partial charge in [-0.3, -0.25) is 4.79 Å². The van der Waals surface area contributed by atoms with Crippen molar-refractivity contribution >= 4 is 75.4 Å². The maximum absolute atomic E-state index is 8.36. The topological polar surface area (TPSA) is 37.3 Å². The molecule has 0 aliphatic rings. The minimum atomic E-state index is -0.250. The fourth-order valence-electron chi connectivity index (χ4n) is 0. The van der Waals surface area contributed by atoms with Gasteiger partial charge in [-0.15, -0.1) is 0 Å². The number of carbonyl (C=O) groups is 1. The van der Waals surface area contributed by atoms with Crippen molar-refractivity contribution in [1.82, 2.24) is 0 Å². The summed E-state index contributed by atoms with van der Waals surface area (Å²) in [7, 11) is 0. The van der Waals surface area contributed by atoms with Gasteiger partial charge in [0.1, 0.15) is 0 Å². The van der Waals surface area contributed by atoms with Crippen LogP contribution >= 0.6 is 0 Å². The fourth-order valence-corrected chi connectivity index (χ4v) is 0. The molecule has 0 fully saturated rings. The van der Waals surface area contributed by atoms with E-state index in [1.165, 1.54) is 0 Å². The van der Waals surface area contributed by atoms with Crippen molar-refractivity contribution in [2.24, 2.45) is 0 Å². The van der Waals surface area contributed by atoms with Crippen LogP contribution in [-0.2, 0) is 4.79 Å². The molecule has 0 aliphatic heterocycles. The van der Waals surface area contributed by atoms with Crippen LogP contribution in [0.15, 0.2) is 0 Å². The van der Waals surface area contributed by atoms with E-state index in [0.717, 1.165) is 0 Å². The van der Waals surface area contributed by atoms with Crippen LogP contribution in [0.1, 0.15) is 0 Å². The molecular weight excluding hydrogens is 177 g/mol. The van der Waals surface area contributed by atoms with E-state index in [2.05, 4.69) is 0 Å². The maximum atomic E-state index is 8.36. The molecule has 0 rings (SSSR count). The molecule has 2 nitrogen and oxygen atoms in total. The zero-order chi connectivity index (χ0) is 2.71. The van der Waals surface area contributed by atoms with E-state index < -0.39 is 0 Å². The number of hydrogen-bond acceptors (Lipinski definition) is 1. The molecule has 20 valence electrons. The average Bonchev–Trinajstić information content (AvgIpc) is 0.918. The van der Waals surface area contributed by atoms with Gasteiger partial charge in [0.05, 0.1) is 0 Å². The molecule has 0 aliphatic carbocycles. The summed E-state index contributed by atoms with van der Waals surface area (Å²) in [5, 5.41) is 6.89. The first-order chi connectivity index (χ1) is 1.41. The first-order valence-electron chi connectivity index (χ1n) is 0.494. The van der Waals surface area contributed by atoms with Crippen molar-refractivity contribution < 1.29 is 9.90 Å². The first-order valence-corrected chi connectivity index (χ1v) is 0.494. The summed E-state index contributed by atoms with van der Waals surface area (Å²) in [5.41, 5.74) is 0. The molecule has 0 saturated heterocycles. The molecule has 0 atom stereocenters. The van der Waals surface area contributed by atoms with Crippen LogP contribution in [0.5, 0.6) is 0 Å². The molecule has 0 aromatic carbocycles. The fraction of sp³-hybridized carbons (Fsp3) is 0. The van der Waals surface area contributed by atoms with Gasteiger partial charge in [-0.05, 0) is 0 Å². The average molecular weight is 180 g/mol. The molecular formula is CH3CsO2. The Hall–Kier alpha value is 1.52. The zero-order valence-electron chi connectivity index (χ0n) is 1.43. The Kier molecular flexibility index (Phi) is 20.1. The molecule has 1 N–H and O–H groups in total. The molecule has 0 spiro atoms. The van der Waals surface area contributed by atoms with Gasteiger partial charge in [-0.2, -0.15) is 0 Å². The Morgan fingerprint density at radius 2 is 1.75 bits per heavy atom. The van der Waals surface area contributed by atoms with Crippen LogP contribution in [0, 0.1) is 0 Å². The van der Waals surface area contributed by atoms with E-state index >= 15 is 0 Å². The molecule has 4 heavy (non-hydrogen) atoms. The standard InChI is InChI=1S/CH2O2.Cs.H/c2-1-3;;/h1H,(H,2,3);;. The Bertz CT molecular complexity index is 13.5. The Morgan fingerprint density at radius 3 is 1.75 bits per heavy atom. The molecule has 0 aromatic rings. The van der Waals surface area contributed by atoms with Gasteiger partial charge in [-0.1, -0.05) is 0 Å². The first kappa shape index (κ1) is 9.10. The number of hydrogen-bond donors (Lipinski definition) is 1. The summed E-state index contributed by atoms with van der Waals surface area (Å²) in [6.45, 7) is -0.250. The van der Waals surface area contributed by atoms with Crippen LogP contribution in [0.4, 0.5) is 0 Å². The van der Waals surface area contributed by atoms with Gasteiger partial charge >= 0.3 is 68.9 Å². The van der Waals surface area contributed by atoms with Crippen LogP contribution in [0.2, 0.25) is 0 Å². The Balaban J connectivity index is 0. The SMILES string of the molecule is O=CO.[CsH]. The van der Waals surface area contributed by atoms with E-state index in [1.807, 2.05) is 0 Å². The third-order valence-corrected chi connectivity index (χ3v) is 0. The summed E-state index contributed by atoms with van der Waals surface area (Å²) < 4.78 is 0. The summed E-state index contributed by atoms with van der Waals surface area (Å²) in [4.78, 5) is 8.36. The summed E-state index contributed by atoms with van der Waals surface area (Å²) in [6.07, 6.45) is 0. The monoisotopic (exact) mass is 180 g/mol. The molecule has 0 bridgehead atoms. The molecule has 0 radical (unpaired) electrons. The van der Waals surface area contributed by atoms with E-state index in [-0.39, 0.29) is 75.4 Å². The van der Waals surface area contributed by atoms with Gasteiger partial charge in [0.25, 0.3) is 6.47 Å². The third kappa shape index (κ3) is 9.67. The van der Waals surface area contributed by atoms with Gasteiger partial charge in [0.15, 0.2) is 0 Å². The second-order valence-corrected chi connectivity index (χ2v) is 0.105. The van der Waals surface area contributed by atoms with E-state index in [0.29, 0.717) is 0 Å². The zero-order valence-corrected chi connectivity index (χ0v) is 1.43. The predicted octanol–water partition coefficient (Wildman–Crippen LogP) is -0.948. The minimum absolute atomic E-state index is 0. The van der Waals surface area contributed by atoms with Crippen molar-refractivity contribution in [3.8, 4) is 0 Å².